The number of rotatable bonds is 12. The summed E-state index contributed by atoms with van der Waals surface area (Å²) in [6.45, 7) is 20.5. The van der Waals surface area contributed by atoms with Gasteiger partial charge in [0.25, 0.3) is 0 Å². The molecule has 3 nitrogen and oxygen atoms in total. The van der Waals surface area contributed by atoms with Crippen molar-refractivity contribution in [1.82, 2.24) is 9.80 Å². The molecule has 1 saturated heterocycles. The Morgan fingerprint density at radius 1 is 0.684 bits per heavy atom. The standard InChI is InChI=1S/C16H26N2O/c1-5-9-17(10-6-2)13-15-16(19-15)14-18(11-7-3)12-8-4/h5-8,15-16H,1-4,9-14H2. The van der Waals surface area contributed by atoms with Gasteiger partial charge < -0.3 is 4.74 Å². The summed E-state index contributed by atoms with van der Waals surface area (Å²) in [5.41, 5.74) is 0. The van der Waals surface area contributed by atoms with Crippen molar-refractivity contribution in [2.45, 2.75) is 12.2 Å². The molecule has 2 unspecified atom stereocenters. The number of nitrogens with zero attached hydrogens (tertiary/aromatic N) is 2. The lowest BCUT2D eigenvalue weighted by atomic mass is 10.2. The predicted octanol–water partition coefficient (Wildman–Crippen LogP) is 2.10. The van der Waals surface area contributed by atoms with E-state index in [-0.39, 0.29) is 0 Å². The second-order valence-electron chi connectivity index (χ2n) is 4.80. The van der Waals surface area contributed by atoms with Crippen LogP contribution in [0.15, 0.2) is 50.6 Å². The lowest BCUT2D eigenvalue weighted by molar-refractivity contribution is 0.263. The van der Waals surface area contributed by atoms with Crippen LogP contribution in [0.5, 0.6) is 0 Å². The van der Waals surface area contributed by atoms with Gasteiger partial charge in [-0.15, -0.1) is 26.3 Å². The minimum absolute atomic E-state index is 0.331. The quantitative estimate of drug-likeness (QED) is 0.396. The summed E-state index contributed by atoms with van der Waals surface area (Å²) in [5.74, 6) is 0. The molecule has 3 heteroatoms. The minimum atomic E-state index is 0.331. The van der Waals surface area contributed by atoms with Crippen LogP contribution in [-0.4, -0.2) is 61.3 Å². The molecule has 106 valence electrons. The van der Waals surface area contributed by atoms with E-state index in [1.807, 2.05) is 24.3 Å². The fraction of sp³-hybridized carbons (Fsp3) is 0.500. The Balaban J connectivity index is 2.31. The van der Waals surface area contributed by atoms with Gasteiger partial charge in [-0.3, -0.25) is 9.80 Å². The molecule has 0 aromatic carbocycles. The molecule has 2 atom stereocenters. The van der Waals surface area contributed by atoms with Crippen LogP contribution >= 0.6 is 0 Å². The van der Waals surface area contributed by atoms with Gasteiger partial charge in [-0.1, -0.05) is 24.3 Å². The molecule has 1 heterocycles. The molecule has 0 aliphatic carbocycles. The zero-order valence-corrected chi connectivity index (χ0v) is 11.8. The highest BCUT2D eigenvalue weighted by Crippen LogP contribution is 2.24. The highest BCUT2D eigenvalue weighted by Gasteiger charge is 2.40. The van der Waals surface area contributed by atoms with E-state index >= 15 is 0 Å². The maximum absolute atomic E-state index is 5.74. The first kappa shape index (κ1) is 15.9. The Morgan fingerprint density at radius 2 is 1.00 bits per heavy atom. The molecule has 0 aromatic heterocycles. The van der Waals surface area contributed by atoms with E-state index in [9.17, 15) is 0 Å². The van der Waals surface area contributed by atoms with Crippen molar-refractivity contribution in [2.24, 2.45) is 0 Å². The Bertz CT molecular complexity index is 264. The summed E-state index contributed by atoms with van der Waals surface area (Å²) in [5, 5.41) is 0. The van der Waals surface area contributed by atoms with Crippen molar-refractivity contribution >= 4 is 0 Å². The summed E-state index contributed by atoms with van der Waals surface area (Å²) in [6.07, 6.45) is 8.34. The first-order valence-corrected chi connectivity index (χ1v) is 6.78. The van der Waals surface area contributed by atoms with Crippen LogP contribution in [0, 0.1) is 0 Å². The van der Waals surface area contributed by atoms with E-state index in [2.05, 4.69) is 36.1 Å². The van der Waals surface area contributed by atoms with E-state index < -0.39 is 0 Å². The molecule has 0 radical (unpaired) electrons. The van der Waals surface area contributed by atoms with E-state index in [4.69, 9.17) is 4.74 Å². The molecule has 1 rings (SSSR count). The van der Waals surface area contributed by atoms with Crippen molar-refractivity contribution in [2.75, 3.05) is 39.3 Å². The third-order valence-electron chi connectivity index (χ3n) is 3.11. The van der Waals surface area contributed by atoms with E-state index in [0.717, 1.165) is 39.3 Å². The van der Waals surface area contributed by atoms with Gasteiger partial charge in [0.1, 0.15) is 0 Å². The third kappa shape index (κ3) is 6.01. The highest BCUT2D eigenvalue weighted by atomic mass is 16.6. The van der Waals surface area contributed by atoms with Gasteiger partial charge in [0.15, 0.2) is 0 Å². The van der Waals surface area contributed by atoms with Gasteiger partial charge in [-0.2, -0.15) is 0 Å². The minimum Gasteiger partial charge on any atom is -0.367 e. The molecule has 0 aromatic rings. The van der Waals surface area contributed by atoms with Gasteiger partial charge in [0, 0.05) is 39.3 Å². The smallest absolute Gasteiger partial charge is 0.0981 e. The number of ether oxygens (including phenoxy) is 1. The van der Waals surface area contributed by atoms with E-state index in [0.29, 0.717) is 12.2 Å². The first-order valence-electron chi connectivity index (χ1n) is 6.78. The van der Waals surface area contributed by atoms with Gasteiger partial charge >= 0.3 is 0 Å². The van der Waals surface area contributed by atoms with Crippen LogP contribution in [0.3, 0.4) is 0 Å². The molecule has 19 heavy (non-hydrogen) atoms. The van der Waals surface area contributed by atoms with Crippen LogP contribution in [-0.2, 0) is 4.74 Å². The van der Waals surface area contributed by atoms with Crippen LogP contribution in [0.25, 0.3) is 0 Å². The number of epoxide rings is 1. The Hall–Kier alpha value is -1.16. The molecule has 1 fully saturated rings. The van der Waals surface area contributed by atoms with Crippen molar-refractivity contribution in [3.8, 4) is 0 Å². The normalized spacial score (nSPS) is 21.4. The molecular weight excluding hydrogens is 236 g/mol. The topological polar surface area (TPSA) is 19.0 Å². The zero-order chi connectivity index (χ0) is 14.1. The largest absolute Gasteiger partial charge is 0.367 e. The molecule has 0 bridgehead atoms. The van der Waals surface area contributed by atoms with E-state index in [1.165, 1.54) is 0 Å². The average molecular weight is 262 g/mol. The third-order valence-corrected chi connectivity index (χ3v) is 3.11. The summed E-state index contributed by atoms with van der Waals surface area (Å²) in [7, 11) is 0. The molecule has 1 aliphatic heterocycles. The summed E-state index contributed by atoms with van der Waals surface area (Å²) in [6, 6.07) is 0. The van der Waals surface area contributed by atoms with Crippen LogP contribution in [0.1, 0.15) is 0 Å². The molecule has 1 aliphatic rings. The molecule has 0 amide bonds. The number of hydrogen-bond acceptors (Lipinski definition) is 3. The molecule has 0 spiro atoms. The Morgan fingerprint density at radius 3 is 1.26 bits per heavy atom. The fourth-order valence-electron chi connectivity index (χ4n) is 2.19. The van der Waals surface area contributed by atoms with Crippen molar-refractivity contribution < 1.29 is 4.74 Å². The van der Waals surface area contributed by atoms with Crippen molar-refractivity contribution in [1.29, 1.82) is 0 Å². The number of hydrogen-bond donors (Lipinski definition) is 0. The first-order chi connectivity index (χ1) is 9.24. The van der Waals surface area contributed by atoms with Crippen molar-refractivity contribution in [3.63, 3.8) is 0 Å². The van der Waals surface area contributed by atoms with Gasteiger partial charge in [-0.25, -0.2) is 0 Å². The SMILES string of the molecule is C=CCN(CC=C)CC1OC1CN(CC=C)CC=C. The maximum Gasteiger partial charge on any atom is 0.0981 e. The van der Waals surface area contributed by atoms with Gasteiger partial charge in [-0.05, 0) is 0 Å². The summed E-state index contributed by atoms with van der Waals surface area (Å²) >= 11 is 0. The lowest BCUT2D eigenvalue weighted by Gasteiger charge is -2.19. The second-order valence-corrected chi connectivity index (χ2v) is 4.80. The lowest BCUT2D eigenvalue weighted by Crippen LogP contribution is -2.32. The Kier molecular flexibility index (Phi) is 7.41. The maximum atomic E-state index is 5.74. The fourth-order valence-corrected chi connectivity index (χ4v) is 2.19. The predicted molar refractivity (Wildman–Crippen MR) is 82.3 cm³/mol. The zero-order valence-electron chi connectivity index (χ0n) is 11.8. The molecule has 0 saturated carbocycles. The van der Waals surface area contributed by atoms with E-state index in [1.54, 1.807) is 0 Å². The van der Waals surface area contributed by atoms with Gasteiger partial charge in [0.2, 0.25) is 0 Å². The Labute approximate surface area is 117 Å². The van der Waals surface area contributed by atoms with Crippen LogP contribution in [0.2, 0.25) is 0 Å². The van der Waals surface area contributed by atoms with Crippen LogP contribution < -0.4 is 0 Å². The summed E-state index contributed by atoms with van der Waals surface area (Å²) < 4.78 is 5.74. The van der Waals surface area contributed by atoms with Crippen molar-refractivity contribution in [3.05, 3.63) is 50.6 Å². The monoisotopic (exact) mass is 262 g/mol. The highest BCUT2D eigenvalue weighted by molar-refractivity contribution is 4.94. The molecule has 0 N–H and O–H groups in total. The second kappa shape index (κ2) is 8.86. The van der Waals surface area contributed by atoms with Gasteiger partial charge in [0.05, 0.1) is 12.2 Å². The van der Waals surface area contributed by atoms with Crippen LogP contribution in [0.4, 0.5) is 0 Å². The average Bonchev–Trinajstić information content (AvgIpc) is 3.08. The summed E-state index contributed by atoms with van der Waals surface area (Å²) in [4.78, 5) is 4.58. The molecular formula is C16H26N2O.